The molecule has 2 amide bonds. The number of carbonyl (C=O) groups excluding carboxylic acids is 1. The highest BCUT2D eigenvalue weighted by Gasteiger charge is 2.28. The highest BCUT2D eigenvalue weighted by atomic mass is 19.4. The first kappa shape index (κ1) is 19.2. The van der Waals surface area contributed by atoms with Crippen molar-refractivity contribution in [3.8, 4) is 0 Å². The van der Waals surface area contributed by atoms with Crippen molar-refractivity contribution >= 4 is 6.03 Å². The summed E-state index contributed by atoms with van der Waals surface area (Å²) in [6, 6.07) is 4.14. The van der Waals surface area contributed by atoms with Gasteiger partial charge in [-0.15, -0.1) is 0 Å². The minimum atomic E-state index is -4.22. The zero-order valence-electron chi connectivity index (χ0n) is 13.1. The smallest absolute Gasteiger partial charge is 0.338 e. The van der Waals surface area contributed by atoms with Crippen LogP contribution in [-0.4, -0.2) is 43.8 Å². The molecule has 2 N–H and O–H groups in total. The Morgan fingerprint density at radius 3 is 2.57 bits per heavy atom. The van der Waals surface area contributed by atoms with E-state index in [1.807, 2.05) is 0 Å². The van der Waals surface area contributed by atoms with E-state index in [2.05, 4.69) is 10.6 Å². The molecule has 0 aliphatic rings. The number of urea groups is 1. The Labute approximate surface area is 132 Å². The summed E-state index contributed by atoms with van der Waals surface area (Å²) in [6.45, 7) is 1.42. The van der Waals surface area contributed by atoms with Crippen LogP contribution in [0.2, 0.25) is 0 Å². The van der Waals surface area contributed by atoms with E-state index >= 15 is 0 Å². The SMILES string of the molecule is Cc1cc(CNC(=O)NCCCN(C)CC(F)(F)F)ccc1F. The van der Waals surface area contributed by atoms with Crippen LogP contribution < -0.4 is 10.6 Å². The van der Waals surface area contributed by atoms with Crippen molar-refractivity contribution in [3.05, 3.63) is 35.1 Å². The van der Waals surface area contributed by atoms with E-state index in [-0.39, 0.29) is 25.5 Å². The van der Waals surface area contributed by atoms with Gasteiger partial charge in [0.05, 0.1) is 6.54 Å². The lowest BCUT2D eigenvalue weighted by atomic mass is 10.1. The fourth-order valence-corrected chi connectivity index (χ4v) is 2.00. The molecule has 4 nitrogen and oxygen atoms in total. The van der Waals surface area contributed by atoms with Gasteiger partial charge in [-0.05, 0) is 44.1 Å². The summed E-state index contributed by atoms with van der Waals surface area (Å²) in [5.74, 6) is -0.304. The third-order valence-corrected chi connectivity index (χ3v) is 3.13. The molecule has 0 aliphatic carbocycles. The summed E-state index contributed by atoms with van der Waals surface area (Å²) in [5.41, 5.74) is 1.27. The quantitative estimate of drug-likeness (QED) is 0.594. The molecule has 0 heterocycles. The van der Waals surface area contributed by atoms with Gasteiger partial charge in [-0.25, -0.2) is 9.18 Å². The van der Waals surface area contributed by atoms with Crippen molar-refractivity contribution in [3.63, 3.8) is 0 Å². The maximum absolute atomic E-state index is 13.1. The van der Waals surface area contributed by atoms with Gasteiger partial charge in [0.15, 0.2) is 0 Å². The Hall–Kier alpha value is -1.83. The van der Waals surface area contributed by atoms with Gasteiger partial charge in [-0.3, -0.25) is 4.90 Å². The van der Waals surface area contributed by atoms with Crippen LogP contribution in [0.3, 0.4) is 0 Å². The van der Waals surface area contributed by atoms with Gasteiger partial charge in [-0.1, -0.05) is 12.1 Å². The highest BCUT2D eigenvalue weighted by molar-refractivity contribution is 5.73. The van der Waals surface area contributed by atoms with Gasteiger partial charge in [0.1, 0.15) is 5.82 Å². The second kappa shape index (κ2) is 8.71. The molecule has 0 unspecified atom stereocenters. The highest BCUT2D eigenvalue weighted by Crippen LogP contribution is 2.15. The average molecular weight is 335 g/mol. The van der Waals surface area contributed by atoms with Crippen LogP contribution in [0.1, 0.15) is 17.5 Å². The molecule has 1 rings (SSSR count). The lowest BCUT2D eigenvalue weighted by molar-refractivity contribution is -0.143. The number of carbonyl (C=O) groups is 1. The molecule has 0 atom stereocenters. The summed E-state index contributed by atoms with van der Waals surface area (Å²) in [7, 11) is 1.38. The van der Waals surface area contributed by atoms with Crippen molar-refractivity contribution in [2.75, 3.05) is 26.7 Å². The summed E-state index contributed by atoms with van der Waals surface area (Å²) >= 11 is 0. The number of amides is 2. The fraction of sp³-hybridized carbons (Fsp3) is 0.533. The first-order valence-electron chi connectivity index (χ1n) is 7.19. The van der Waals surface area contributed by atoms with Gasteiger partial charge in [0, 0.05) is 13.1 Å². The number of aryl methyl sites for hydroxylation is 1. The number of nitrogens with zero attached hydrogens (tertiary/aromatic N) is 1. The van der Waals surface area contributed by atoms with Crippen molar-refractivity contribution < 1.29 is 22.4 Å². The topological polar surface area (TPSA) is 44.4 Å². The molecule has 0 spiro atoms. The Kier molecular flexibility index (Phi) is 7.28. The van der Waals surface area contributed by atoms with Gasteiger partial charge >= 0.3 is 12.2 Å². The molecule has 130 valence electrons. The van der Waals surface area contributed by atoms with Gasteiger partial charge in [0.25, 0.3) is 0 Å². The number of benzene rings is 1. The van der Waals surface area contributed by atoms with Crippen LogP contribution in [0.25, 0.3) is 0 Å². The van der Waals surface area contributed by atoms with Gasteiger partial charge < -0.3 is 10.6 Å². The first-order valence-corrected chi connectivity index (χ1v) is 7.19. The minimum absolute atomic E-state index is 0.233. The van der Waals surface area contributed by atoms with Crippen LogP contribution in [0.5, 0.6) is 0 Å². The van der Waals surface area contributed by atoms with Gasteiger partial charge in [-0.2, -0.15) is 13.2 Å². The van der Waals surface area contributed by atoms with E-state index in [1.54, 1.807) is 19.1 Å². The monoisotopic (exact) mass is 335 g/mol. The number of halogens is 4. The van der Waals surface area contributed by atoms with Crippen molar-refractivity contribution in [2.45, 2.75) is 26.1 Å². The van der Waals surface area contributed by atoms with Crippen molar-refractivity contribution in [1.29, 1.82) is 0 Å². The Morgan fingerprint density at radius 1 is 1.26 bits per heavy atom. The van der Waals surface area contributed by atoms with E-state index in [0.29, 0.717) is 12.0 Å². The van der Waals surface area contributed by atoms with Crippen LogP contribution in [0, 0.1) is 12.7 Å². The molecule has 0 aliphatic heterocycles. The van der Waals surface area contributed by atoms with Crippen molar-refractivity contribution in [1.82, 2.24) is 15.5 Å². The van der Waals surface area contributed by atoms with Crippen LogP contribution in [0.4, 0.5) is 22.4 Å². The molecule has 1 aromatic carbocycles. The standard InChI is InChI=1S/C15H21F4N3O/c1-11-8-12(4-5-13(11)16)9-21-14(23)20-6-3-7-22(2)10-15(17,18)19/h4-5,8H,3,6-7,9-10H2,1-2H3,(H2,20,21,23). The van der Waals surface area contributed by atoms with Crippen molar-refractivity contribution in [2.24, 2.45) is 0 Å². The molecule has 0 saturated heterocycles. The number of nitrogens with one attached hydrogen (secondary N) is 2. The zero-order valence-corrected chi connectivity index (χ0v) is 13.1. The number of alkyl halides is 3. The molecule has 0 bridgehead atoms. The Bertz CT molecular complexity index is 520. The van der Waals surface area contributed by atoms with E-state index in [9.17, 15) is 22.4 Å². The Balaban J connectivity index is 2.18. The average Bonchev–Trinajstić information content (AvgIpc) is 2.43. The molecular formula is C15H21F4N3O. The van der Waals surface area contributed by atoms with E-state index in [1.165, 1.54) is 13.1 Å². The van der Waals surface area contributed by atoms with E-state index in [0.717, 1.165) is 10.5 Å². The minimum Gasteiger partial charge on any atom is -0.338 e. The Morgan fingerprint density at radius 2 is 1.96 bits per heavy atom. The largest absolute Gasteiger partial charge is 0.401 e. The van der Waals surface area contributed by atoms with Gasteiger partial charge in [0.2, 0.25) is 0 Å². The summed E-state index contributed by atoms with van der Waals surface area (Å²) in [5, 5.41) is 5.17. The maximum atomic E-state index is 13.1. The second-order valence-electron chi connectivity index (χ2n) is 5.40. The molecular weight excluding hydrogens is 314 g/mol. The molecule has 23 heavy (non-hydrogen) atoms. The normalized spacial score (nSPS) is 11.6. The molecule has 0 saturated carbocycles. The van der Waals surface area contributed by atoms with E-state index in [4.69, 9.17) is 0 Å². The third kappa shape index (κ3) is 8.39. The zero-order chi connectivity index (χ0) is 17.5. The predicted molar refractivity (Wildman–Crippen MR) is 79.5 cm³/mol. The predicted octanol–water partition coefficient (Wildman–Crippen LogP) is 2.82. The summed E-state index contributed by atoms with van der Waals surface area (Å²) < 4.78 is 49.4. The third-order valence-electron chi connectivity index (χ3n) is 3.13. The molecule has 8 heteroatoms. The molecule has 1 aromatic rings. The number of hydrogen-bond donors (Lipinski definition) is 2. The molecule has 0 fully saturated rings. The number of hydrogen-bond acceptors (Lipinski definition) is 2. The lowest BCUT2D eigenvalue weighted by Gasteiger charge is -2.18. The summed E-state index contributed by atoms with van der Waals surface area (Å²) in [6.07, 6.45) is -3.80. The van der Waals surface area contributed by atoms with Crippen LogP contribution in [-0.2, 0) is 6.54 Å². The molecule has 0 radical (unpaired) electrons. The summed E-state index contributed by atoms with van der Waals surface area (Å²) in [4.78, 5) is 12.7. The van der Waals surface area contributed by atoms with E-state index < -0.39 is 18.8 Å². The lowest BCUT2D eigenvalue weighted by Crippen LogP contribution is -2.37. The first-order chi connectivity index (χ1) is 10.7. The molecule has 0 aromatic heterocycles. The van der Waals surface area contributed by atoms with Crippen LogP contribution >= 0.6 is 0 Å². The number of rotatable bonds is 7. The van der Waals surface area contributed by atoms with Crippen LogP contribution in [0.15, 0.2) is 18.2 Å². The fourth-order valence-electron chi connectivity index (χ4n) is 2.00. The second-order valence-corrected chi connectivity index (χ2v) is 5.40. The maximum Gasteiger partial charge on any atom is 0.401 e.